The second-order valence-corrected chi connectivity index (χ2v) is 8.20. The van der Waals surface area contributed by atoms with Crippen molar-refractivity contribution in [3.63, 3.8) is 0 Å². The van der Waals surface area contributed by atoms with Crippen LogP contribution in [0.5, 0.6) is 0 Å². The van der Waals surface area contributed by atoms with Gasteiger partial charge < -0.3 is 5.32 Å². The Morgan fingerprint density at radius 2 is 1.81 bits per heavy atom. The van der Waals surface area contributed by atoms with Crippen LogP contribution in [0.4, 0.5) is 10.2 Å². The Hall–Kier alpha value is -3.58. The number of halogens is 1. The number of rotatable bonds is 5. The Kier molecular flexibility index (Phi) is 5.41. The van der Waals surface area contributed by atoms with Gasteiger partial charge in [-0.15, -0.1) is 0 Å². The molecule has 0 radical (unpaired) electrons. The molecule has 6 nitrogen and oxygen atoms in total. The van der Waals surface area contributed by atoms with Crippen molar-refractivity contribution in [2.24, 2.45) is 7.05 Å². The van der Waals surface area contributed by atoms with Crippen molar-refractivity contribution in [1.29, 1.82) is 0 Å². The molecule has 4 aromatic rings. The first kappa shape index (κ1) is 20.3. The number of carbonyl (C=O) groups excluding carboxylic acids is 1. The minimum Gasteiger partial charge on any atom is -0.307 e. The maximum absolute atomic E-state index is 13.1. The fourth-order valence-electron chi connectivity index (χ4n) is 4.21. The van der Waals surface area contributed by atoms with Crippen LogP contribution in [0, 0.1) is 5.82 Å². The first-order valence-electron chi connectivity index (χ1n) is 10.8. The molecule has 0 unspecified atom stereocenters. The van der Waals surface area contributed by atoms with Crippen molar-refractivity contribution in [3.05, 3.63) is 78.0 Å². The lowest BCUT2D eigenvalue weighted by molar-refractivity contribution is 0.102. The van der Waals surface area contributed by atoms with Gasteiger partial charge in [-0.1, -0.05) is 12.1 Å². The Labute approximate surface area is 185 Å². The van der Waals surface area contributed by atoms with Crippen LogP contribution in [0.2, 0.25) is 0 Å². The summed E-state index contributed by atoms with van der Waals surface area (Å²) in [6.45, 7) is 3.15. The zero-order valence-corrected chi connectivity index (χ0v) is 17.9. The van der Waals surface area contributed by atoms with E-state index in [0.717, 1.165) is 41.5 Å². The molecule has 1 aliphatic heterocycles. The number of benzene rings is 2. The molecule has 32 heavy (non-hydrogen) atoms. The van der Waals surface area contributed by atoms with E-state index >= 15 is 0 Å². The largest absolute Gasteiger partial charge is 0.307 e. The predicted octanol–water partition coefficient (Wildman–Crippen LogP) is 4.62. The Bertz CT molecular complexity index is 1280. The summed E-state index contributed by atoms with van der Waals surface area (Å²) in [4.78, 5) is 19.3. The first-order valence-corrected chi connectivity index (χ1v) is 10.8. The van der Waals surface area contributed by atoms with E-state index in [0.29, 0.717) is 11.4 Å². The van der Waals surface area contributed by atoms with Crippen LogP contribution in [0.1, 0.15) is 28.9 Å². The van der Waals surface area contributed by atoms with Gasteiger partial charge in [0, 0.05) is 36.3 Å². The molecule has 0 atom stereocenters. The number of pyridine rings is 1. The highest BCUT2D eigenvalue weighted by Crippen LogP contribution is 2.29. The maximum Gasteiger partial charge on any atom is 0.256 e. The Morgan fingerprint density at radius 3 is 2.59 bits per heavy atom. The summed E-state index contributed by atoms with van der Waals surface area (Å²) in [6.07, 6.45) is 6.17. The van der Waals surface area contributed by atoms with Crippen LogP contribution in [-0.4, -0.2) is 38.7 Å². The van der Waals surface area contributed by atoms with Gasteiger partial charge in [0.05, 0.1) is 11.9 Å². The smallest absolute Gasteiger partial charge is 0.256 e. The van der Waals surface area contributed by atoms with Crippen molar-refractivity contribution in [3.8, 4) is 11.1 Å². The monoisotopic (exact) mass is 429 g/mol. The molecule has 2 aromatic carbocycles. The van der Waals surface area contributed by atoms with Crippen molar-refractivity contribution < 1.29 is 9.18 Å². The molecule has 0 bridgehead atoms. The molecule has 0 spiro atoms. The van der Waals surface area contributed by atoms with E-state index in [-0.39, 0.29) is 11.7 Å². The van der Waals surface area contributed by atoms with E-state index < -0.39 is 0 Å². The minimum absolute atomic E-state index is 0.326. The summed E-state index contributed by atoms with van der Waals surface area (Å²) in [6, 6.07) is 13.5. The molecule has 0 saturated carbocycles. The normalized spacial score (nSPS) is 14.2. The number of anilines is 1. The summed E-state index contributed by atoms with van der Waals surface area (Å²) in [5.41, 5.74) is 3.78. The molecule has 1 fully saturated rings. The molecule has 0 aliphatic carbocycles. The van der Waals surface area contributed by atoms with Crippen LogP contribution in [0.3, 0.4) is 0 Å². The average Bonchev–Trinajstić information content (AvgIpc) is 3.44. The molecule has 1 N–H and O–H groups in total. The summed E-state index contributed by atoms with van der Waals surface area (Å²) >= 11 is 0. The van der Waals surface area contributed by atoms with Crippen molar-refractivity contribution in [2.75, 3.05) is 18.4 Å². The molecule has 5 rings (SSSR count). The summed E-state index contributed by atoms with van der Waals surface area (Å²) < 4.78 is 15.1. The highest BCUT2D eigenvalue weighted by Gasteiger charge is 2.18. The SMILES string of the molecule is Cn1ncc(-c2ccc3cnc(NC(=O)c4ccc(F)cc4)cc3c2)c1CN1CCCC1. The quantitative estimate of drug-likeness (QED) is 0.503. The standard InChI is InChI=1S/C25H24FN5O/c1-30-23(16-31-10-2-3-11-31)22(15-28-30)18-4-5-19-14-27-24(13-20(19)12-18)29-25(32)17-6-8-21(26)9-7-17/h4-9,12-15H,2-3,10-11,16H2,1H3,(H,27,29,32). The van der Waals surface area contributed by atoms with Crippen molar-refractivity contribution >= 4 is 22.5 Å². The minimum atomic E-state index is -0.377. The number of amides is 1. The molecule has 3 heterocycles. The fourth-order valence-corrected chi connectivity index (χ4v) is 4.21. The lowest BCUT2D eigenvalue weighted by Gasteiger charge is -2.16. The number of hydrogen-bond acceptors (Lipinski definition) is 4. The highest BCUT2D eigenvalue weighted by molar-refractivity contribution is 6.04. The van der Waals surface area contributed by atoms with Gasteiger partial charge in [0.15, 0.2) is 0 Å². The maximum atomic E-state index is 13.1. The summed E-state index contributed by atoms with van der Waals surface area (Å²) in [7, 11) is 1.99. The van der Waals surface area contributed by atoms with Gasteiger partial charge in [-0.2, -0.15) is 5.10 Å². The number of likely N-dealkylation sites (tertiary alicyclic amines) is 1. The van der Waals surface area contributed by atoms with Gasteiger partial charge in [0.1, 0.15) is 11.6 Å². The number of aromatic nitrogens is 3. The Morgan fingerprint density at radius 1 is 1.03 bits per heavy atom. The second kappa shape index (κ2) is 8.51. The van der Waals surface area contributed by atoms with Crippen LogP contribution < -0.4 is 5.32 Å². The van der Waals surface area contributed by atoms with Crippen molar-refractivity contribution in [1.82, 2.24) is 19.7 Å². The number of aryl methyl sites for hydroxylation is 1. The third-order valence-corrected chi connectivity index (χ3v) is 6.01. The number of nitrogens with one attached hydrogen (secondary N) is 1. The van der Waals surface area contributed by atoms with Crippen LogP contribution in [0.15, 0.2) is 60.9 Å². The van der Waals surface area contributed by atoms with Gasteiger partial charge >= 0.3 is 0 Å². The summed E-state index contributed by atoms with van der Waals surface area (Å²) in [5, 5.41) is 9.26. The Balaban J connectivity index is 1.43. The molecule has 1 saturated heterocycles. The third-order valence-electron chi connectivity index (χ3n) is 6.01. The molecular weight excluding hydrogens is 405 g/mol. The average molecular weight is 429 g/mol. The topological polar surface area (TPSA) is 63.1 Å². The molecule has 1 aliphatic rings. The van der Waals surface area contributed by atoms with E-state index in [4.69, 9.17) is 0 Å². The second-order valence-electron chi connectivity index (χ2n) is 8.20. The number of fused-ring (bicyclic) bond motifs is 1. The molecule has 2 aromatic heterocycles. The van der Waals surface area contributed by atoms with Gasteiger partial charge in [-0.25, -0.2) is 9.37 Å². The van der Waals surface area contributed by atoms with E-state index in [9.17, 15) is 9.18 Å². The molecule has 7 heteroatoms. The van der Waals surface area contributed by atoms with Gasteiger partial charge in [0.2, 0.25) is 0 Å². The lowest BCUT2D eigenvalue weighted by Crippen LogP contribution is -2.20. The fraction of sp³-hybridized carbons (Fsp3) is 0.240. The molecule has 1 amide bonds. The van der Waals surface area contributed by atoms with E-state index in [1.807, 2.05) is 30.1 Å². The lowest BCUT2D eigenvalue weighted by atomic mass is 10.0. The predicted molar refractivity (Wildman–Crippen MR) is 123 cm³/mol. The zero-order chi connectivity index (χ0) is 22.1. The molecule has 162 valence electrons. The number of hydrogen-bond donors (Lipinski definition) is 1. The van der Waals surface area contributed by atoms with Crippen LogP contribution >= 0.6 is 0 Å². The van der Waals surface area contributed by atoms with Gasteiger partial charge in [-0.3, -0.25) is 14.4 Å². The van der Waals surface area contributed by atoms with E-state index in [2.05, 4.69) is 32.4 Å². The number of nitrogens with zero attached hydrogens (tertiary/aromatic N) is 4. The first-order chi connectivity index (χ1) is 15.6. The van der Waals surface area contributed by atoms with Crippen LogP contribution in [0.25, 0.3) is 21.9 Å². The third kappa shape index (κ3) is 4.11. The van der Waals surface area contributed by atoms with Gasteiger partial charge in [0.25, 0.3) is 5.91 Å². The number of carbonyl (C=O) groups is 1. The van der Waals surface area contributed by atoms with Crippen molar-refractivity contribution in [2.45, 2.75) is 19.4 Å². The van der Waals surface area contributed by atoms with Crippen LogP contribution in [-0.2, 0) is 13.6 Å². The van der Waals surface area contributed by atoms with E-state index in [1.165, 1.54) is 42.8 Å². The zero-order valence-electron chi connectivity index (χ0n) is 17.9. The molecular formula is C25H24FN5O. The van der Waals surface area contributed by atoms with E-state index in [1.54, 1.807) is 6.20 Å². The summed E-state index contributed by atoms with van der Waals surface area (Å²) in [5.74, 6) is -0.252. The van der Waals surface area contributed by atoms with Gasteiger partial charge in [-0.05, 0) is 73.3 Å². The highest BCUT2D eigenvalue weighted by atomic mass is 19.1.